The molecule has 0 aliphatic heterocycles. The van der Waals surface area contributed by atoms with E-state index >= 15 is 0 Å². The van der Waals surface area contributed by atoms with Crippen LogP contribution in [0.2, 0.25) is 0 Å². The maximum Gasteiger partial charge on any atom is 0.318 e. The molecule has 0 saturated heterocycles. The van der Waals surface area contributed by atoms with Crippen LogP contribution in [-0.2, 0) is 7.05 Å². The van der Waals surface area contributed by atoms with Crippen LogP contribution in [0.25, 0.3) is 11.2 Å². The number of rotatable bonds is 3. The first-order valence-corrected chi connectivity index (χ1v) is 4.24. The van der Waals surface area contributed by atoms with Gasteiger partial charge in [0.25, 0.3) is 5.56 Å². The highest BCUT2D eigenvalue weighted by Crippen LogP contribution is 2.11. The lowest BCUT2D eigenvalue weighted by Gasteiger charge is -2.07. The number of hydrogen-bond donors (Lipinski definition) is 1. The minimum absolute atomic E-state index is 0.0291. The van der Waals surface area contributed by atoms with Crippen molar-refractivity contribution in [3.05, 3.63) is 31.7 Å². The second-order valence-electron chi connectivity index (χ2n) is 2.99. The number of imidazole rings is 1. The minimum atomic E-state index is -1.09. The zero-order valence-electron chi connectivity index (χ0n) is 8.39. The fourth-order valence-corrected chi connectivity index (χ4v) is 1.28. The molecule has 17 heavy (non-hydrogen) atoms. The summed E-state index contributed by atoms with van der Waals surface area (Å²) in [6.45, 7) is 0. The highest BCUT2D eigenvalue weighted by atomic mass is 16.7. The molecule has 2 heterocycles. The van der Waals surface area contributed by atoms with Crippen molar-refractivity contribution in [1.82, 2.24) is 19.5 Å². The summed E-state index contributed by atoms with van der Waals surface area (Å²) in [5.74, 6) is -0.519. The van der Waals surface area contributed by atoms with Crippen LogP contribution in [0.3, 0.4) is 0 Å². The highest BCUT2D eigenvalue weighted by molar-refractivity contribution is 5.69. The van der Waals surface area contributed by atoms with Crippen LogP contribution in [0, 0.1) is 15.0 Å². The SMILES string of the molecule is Cn1c(N(N=O)[N+](=O)[O-])nc2nc[nH]c2c1=O. The van der Waals surface area contributed by atoms with Gasteiger partial charge in [0.1, 0.15) is 5.12 Å². The van der Waals surface area contributed by atoms with Gasteiger partial charge in [0.15, 0.2) is 11.2 Å². The molecule has 0 fully saturated rings. The number of aromatic amines is 1. The first-order chi connectivity index (χ1) is 8.06. The molecule has 0 unspecified atom stereocenters. The van der Waals surface area contributed by atoms with Crippen molar-refractivity contribution in [2.45, 2.75) is 0 Å². The lowest BCUT2D eigenvalue weighted by Crippen LogP contribution is -2.31. The van der Waals surface area contributed by atoms with Crippen molar-refractivity contribution < 1.29 is 5.03 Å². The molecule has 0 aromatic carbocycles. The number of anilines is 1. The van der Waals surface area contributed by atoms with E-state index in [0.29, 0.717) is 0 Å². The third-order valence-electron chi connectivity index (χ3n) is 2.05. The van der Waals surface area contributed by atoms with E-state index in [2.05, 4.69) is 20.2 Å². The van der Waals surface area contributed by atoms with Gasteiger partial charge in [0.05, 0.1) is 11.4 Å². The number of nitrogens with zero attached hydrogens (tertiary/aromatic N) is 6. The molecule has 2 aromatic rings. The molecule has 2 aromatic heterocycles. The molecule has 0 saturated carbocycles. The van der Waals surface area contributed by atoms with Gasteiger partial charge in [0, 0.05) is 12.0 Å². The molecule has 0 aliphatic carbocycles. The molecule has 0 spiro atoms. The summed E-state index contributed by atoms with van der Waals surface area (Å²) >= 11 is 0. The average Bonchev–Trinajstić information content (AvgIpc) is 2.73. The third kappa shape index (κ3) is 1.49. The van der Waals surface area contributed by atoms with Crippen LogP contribution in [0.5, 0.6) is 0 Å². The van der Waals surface area contributed by atoms with E-state index in [-0.39, 0.29) is 16.3 Å². The molecular weight excluding hydrogens is 234 g/mol. The lowest BCUT2D eigenvalue weighted by atomic mass is 10.5. The van der Waals surface area contributed by atoms with Gasteiger partial charge in [-0.15, -0.1) is 0 Å². The Hall–Kier alpha value is -2.85. The normalized spacial score (nSPS) is 10.4. The van der Waals surface area contributed by atoms with Crippen LogP contribution in [0.15, 0.2) is 16.4 Å². The van der Waals surface area contributed by atoms with Gasteiger partial charge in [-0.05, 0) is 0 Å². The standard InChI is InChI=1S/C6H5N7O4/c1-11-5(14)3-4(8-2-7-3)9-6(11)12(10-15)13(16)17/h2H,1H3,(H,7,8). The molecule has 1 N–H and O–H groups in total. The molecule has 88 valence electrons. The quantitative estimate of drug-likeness (QED) is 0.425. The van der Waals surface area contributed by atoms with Crippen molar-refractivity contribution >= 4 is 17.1 Å². The summed E-state index contributed by atoms with van der Waals surface area (Å²) in [7, 11) is 1.23. The fourth-order valence-electron chi connectivity index (χ4n) is 1.28. The average molecular weight is 239 g/mol. The van der Waals surface area contributed by atoms with Gasteiger partial charge in [-0.2, -0.15) is 4.98 Å². The Balaban J connectivity index is 2.77. The van der Waals surface area contributed by atoms with E-state index in [1.165, 1.54) is 13.4 Å². The minimum Gasteiger partial charge on any atom is -0.339 e. The largest absolute Gasteiger partial charge is 0.339 e. The number of aromatic nitrogens is 4. The Morgan fingerprint density at radius 2 is 2.35 bits per heavy atom. The lowest BCUT2D eigenvalue weighted by molar-refractivity contribution is -0.497. The van der Waals surface area contributed by atoms with Gasteiger partial charge >= 0.3 is 11.2 Å². The predicted molar refractivity (Wildman–Crippen MR) is 54.4 cm³/mol. The smallest absolute Gasteiger partial charge is 0.318 e. The molecule has 0 bridgehead atoms. The van der Waals surface area contributed by atoms with Crippen molar-refractivity contribution in [3.63, 3.8) is 0 Å². The molecule has 11 heteroatoms. The monoisotopic (exact) mass is 239 g/mol. The van der Waals surface area contributed by atoms with Crippen LogP contribution < -0.4 is 10.7 Å². The van der Waals surface area contributed by atoms with Crippen molar-refractivity contribution in [1.29, 1.82) is 0 Å². The van der Waals surface area contributed by atoms with E-state index in [4.69, 9.17) is 0 Å². The van der Waals surface area contributed by atoms with E-state index in [0.717, 1.165) is 4.57 Å². The summed E-state index contributed by atoms with van der Waals surface area (Å²) in [4.78, 5) is 42.5. The second-order valence-corrected chi connectivity index (χ2v) is 2.99. The number of nitrogens with one attached hydrogen (secondary N) is 1. The summed E-state index contributed by atoms with van der Waals surface area (Å²) in [5.41, 5.74) is -0.540. The third-order valence-corrected chi connectivity index (χ3v) is 2.05. The van der Waals surface area contributed by atoms with Crippen molar-refractivity contribution in [2.75, 3.05) is 5.12 Å². The zero-order chi connectivity index (χ0) is 12.6. The number of nitroso groups, excluding NO2 is 1. The zero-order valence-corrected chi connectivity index (χ0v) is 8.39. The van der Waals surface area contributed by atoms with Gasteiger partial charge in [-0.1, -0.05) is 0 Å². The molecule has 0 amide bonds. The Morgan fingerprint density at radius 1 is 1.65 bits per heavy atom. The van der Waals surface area contributed by atoms with Crippen LogP contribution in [0.1, 0.15) is 0 Å². The Labute approximate surface area is 91.8 Å². The van der Waals surface area contributed by atoms with Crippen molar-refractivity contribution in [3.8, 4) is 0 Å². The number of fused-ring (bicyclic) bond motifs is 1. The van der Waals surface area contributed by atoms with Crippen LogP contribution in [-0.4, -0.2) is 24.6 Å². The number of H-pyrrole nitrogens is 1. The van der Waals surface area contributed by atoms with E-state index in [1.54, 1.807) is 0 Å². The molecule has 0 atom stereocenters. The topological polar surface area (TPSA) is 139 Å². The molecule has 2 rings (SSSR count). The molecule has 11 nitrogen and oxygen atoms in total. The Bertz CT molecular complexity index is 658. The summed E-state index contributed by atoms with van der Waals surface area (Å²) < 4.78 is 0.824. The fraction of sp³-hybridized carbons (Fsp3) is 0.167. The second kappa shape index (κ2) is 3.62. The predicted octanol–water partition coefficient (Wildman–Crippen LogP) is -0.664. The summed E-state index contributed by atoms with van der Waals surface area (Å²) in [6, 6.07) is 0. The van der Waals surface area contributed by atoms with E-state index < -0.39 is 16.5 Å². The number of hydrogen-bond acceptors (Lipinski definition) is 7. The van der Waals surface area contributed by atoms with Gasteiger partial charge in [-0.25, -0.2) is 4.98 Å². The molecule has 0 radical (unpaired) electrons. The molecular formula is C6H5N7O4. The maximum absolute atomic E-state index is 11.7. The summed E-state index contributed by atoms with van der Waals surface area (Å²) in [6.07, 6.45) is 1.22. The van der Waals surface area contributed by atoms with Crippen molar-refractivity contribution in [2.24, 2.45) is 12.3 Å². The van der Waals surface area contributed by atoms with Crippen LogP contribution >= 0.6 is 0 Å². The number of nitro groups is 1. The first kappa shape index (κ1) is 10.7. The van der Waals surface area contributed by atoms with E-state index in [1.807, 2.05) is 0 Å². The highest BCUT2D eigenvalue weighted by Gasteiger charge is 2.26. The van der Waals surface area contributed by atoms with Crippen LogP contribution in [0.4, 0.5) is 5.95 Å². The maximum atomic E-state index is 11.7. The van der Waals surface area contributed by atoms with Gasteiger partial charge < -0.3 is 15.1 Å². The first-order valence-electron chi connectivity index (χ1n) is 4.24. The Morgan fingerprint density at radius 3 is 2.94 bits per heavy atom. The Kier molecular flexibility index (Phi) is 2.27. The van der Waals surface area contributed by atoms with Gasteiger partial charge in [-0.3, -0.25) is 9.36 Å². The number of hydrazine groups is 1. The van der Waals surface area contributed by atoms with Gasteiger partial charge in [0.2, 0.25) is 0 Å². The van der Waals surface area contributed by atoms with E-state index in [9.17, 15) is 19.8 Å². The molecule has 0 aliphatic rings. The summed E-state index contributed by atoms with van der Waals surface area (Å²) in [5, 5.41) is 11.5.